The van der Waals surface area contributed by atoms with E-state index >= 15 is 0 Å². The number of halogens is 1. The van der Waals surface area contributed by atoms with Crippen molar-refractivity contribution in [3.8, 4) is 0 Å². The van der Waals surface area contributed by atoms with Crippen LogP contribution in [0.15, 0.2) is 53.4 Å². The zero-order valence-corrected chi connectivity index (χ0v) is 11.6. The Bertz CT molecular complexity index is 566. The van der Waals surface area contributed by atoms with Gasteiger partial charge in [0.2, 0.25) is 0 Å². The van der Waals surface area contributed by atoms with E-state index in [4.69, 9.17) is 11.6 Å². The summed E-state index contributed by atoms with van der Waals surface area (Å²) in [7, 11) is 0. The van der Waals surface area contributed by atoms with Crippen molar-refractivity contribution < 1.29 is 4.79 Å². The molecule has 0 fully saturated rings. The molecule has 92 valence electrons. The first-order valence-corrected chi connectivity index (χ1v) is 7.00. The molecule has 0 aliphatic rings. The number of aryl methyl sites for hydroxylation is 1. The molecule has 0 saturated carbocycles. The van der Waals surface area contributed by atoms with E-state index < -0.39 is 0 Å². The van der Waals surface area contributed by atoms with Crippen LogP contribution in [0.5, 0.6) is 0 Å². The highest BCUT2D eigenvalue weighted by molar-refractivity contribution is 8.00. The number of ketones is 1. The van der Waals surface area contributed by atoms with Crippen molar-refractivity contribution in [2.45, 2.75) is 11.8 Å². The average molecular weight is 277 g/mol. The topological polar surface area (TPSA) is 17.1 Å². The molecule has 0 spiro atoms. The van der Waals surface area contributed by atoms with Gasteiger partial charge >= 0.3 is 0 Å². The van der Waals surface area contributed by atoms with Gasteiger partial charge in [-0.1, -0.05) is 41.4 Å². The molecule has 2 rings (SSSR count). The van der Waals surface area contributed by atoms with Gasteiger partial charge in [-0.25, -0.2) is 0 Å². The molecule has 0 unspecified atom stereocenters. The van der Waals surface area contributed by atoms with Crippen LogP contribution in [0.1, 0.15) is 15.9 Å². The molecule has 0 radical (unpaired) electrons. The third kappa shape index (κ3) is 3.37. The highest BCUT2D eigenvalue weighted by Gasteiger charge is 2.09. The van der Waals surface area contributed by atoms with Gasteiger partial charge in [0.1, 0.15) is 0 Å². The number of hydrogen-bond donors (Lipinski definition) is 0. The summed E-state index contributed by atoms with van der Waals surface area (Å²) in [5, 5.41) is 0.521. The third-order valence-corrected chi connectivity index (χ3v) is 3.86. The highest BCUT2D eigenvalue weighted by Crippen LogP contribution is 2.22. The Balaban J connectivity index is 2.03. The predicted molar refractivity (Wildman–Crippen MR) is 77.7 cm³/mol. The van der Waals surface area contributed by atoms with Crippen molar-refractivity contribution in [1.82, 2.24) is 0 Å². The summed E-state index contributed by atoms with van der Waals surface area (Å²) in [4.78, 5) is 13.1. The normalized spacial score (nSPS) is 10.3. The molecule has 1 nitrogen and oxygen atoms in total. The van der Waals surface area contributed by atoms with E-state index in [0.717, 1.165) is 4.90 Å². The van der Waals surface area contributed by atoms with Crippen LogP contribution in [-0.4, -0.2) is 11.5 Å². The van der Waals surface area contributed by atoms with Crippen molar-refractivity contribution in [1.29, 1.82) is 0 Å². The zero-order valence-electron chi connectivity index (χ0n) is 10.0. The first-order chi connectivity index (χ1) is 8.66. The number of rotatable bonds is 4. The first kappa shape index (κ1) is 13.2. The minimum absolute atomic E-state index is 0.0621. The first-order valence-electron chi connectivity index (χ1n) is 5.64. The second kappa shape index (κ2) is 6.07. The van der Waals surface area contributed by atoms with Crippen LogP contribution in [0.2, 0.25) is 5.02 Å². The van der Waals surface area contributed by atoms with Gasteiger partial charge in [-0.15, -0.1) is 11.8 Å². The quantitative estimate of drug-likeness (QED) is 0.598. The molecule has 3 heteroatoms. The van der Waals surface area contributed by atoms with E-state index in [1.807, 2.05) is 37.3 Å². The lowest BCUT2D eigenvalue weighted by molar-refractivity contribution is 0.102. The fourth-order valence-corrected chi connectivity index (χ4v) is 2.76. The van der Waals surface area contributed by atoms with Crippen LogP contribution in [0.4, 0.5) is 0 Å². The van der Waals surface area contributed by atoms with E-state index in [1.54, 1.807) is 12.1 Å². The lowest BCUT2D eigenvalue weighted by Crippen LogP contribution is -2.02. The largest absolute Gasteiger partial charge is 0.293 e. The number of thioether (sulfide) groups is 1. The van der Waals surface area contributed by atoms with E-state index in [-0.39, 0.29) is 5.78 Å². The SMILES string of the molecule is Cc1cccc(SCC(=O)c2ccccc2Cl)c1. The van der Waals surface area contributed by atoms with Gasteiger partial charge in [-0.3, -0.25) is 4.79 Å². The Hall–Kier alpha value is -1.25. The van der Waals surface area contributed by atoms with Crippen molar-refractivity contribution in [3.63, 3.8) is 0 Å². The van der Waals surface area contributed by atoms with Crippen molar-refractivity contribution in [2.75, 3.05) is 5.75 Å². The van der Waals surface area contributed by atoms with Crippen LogP contribution in [0, 0.1) is 6.92 Å². The van der Waals surface area contributed by atoms with Crippen molar-refractivity contribution >= 4 is 29.1 Å². The summed E-state index contributed by atoms with van der Waals surface area (Å²) in [6.45, 7) is 2.04. The van der Waals surface area contributed by atoms with Crippen LogP contribution < -0.4 is 0 Å². The standard InChI is InChI=1S/C15H13ClOS/c1-11-5-4-6-12(9-11)18-10-15(17)13-7-2-3-8-14(13)16/h2-9H,10H2,1H3. The lowest BCUT2D eigenvalue weighted by Gasteiger charge is -2.04. The fraction of sp³-hybridized carbons (Fsp3) is 0.133. The van der Waals surface area contributed by atoms with Gasteiger partial charge in [-0.2, -0.15) is 0 Å². The molecule has 0 aliphatic carbocycles. The molecule has 18 heavy (non-hydrogen) atoms. The molecule has 0 N–H and O–H groups in total. The maximum Gasteiger partial charge on any atom is 0.174 e. The summed E-state index contributed by atoms with van der Waals surface area (Å²) < 4.78 is 0. The molecule has 0 aliphatic heterocycles. The summed E-state index contributed by atoms with van der Waals surface area (Å²) in [5.41, 5.74) is 1.80. The minimum Gasteiger partial charge on any atom is -0.293 e. The molecule has 0 saturated heterocycles. The fourth-order valence-electron chi connectivity index (χ4n) is 1.62. The monoisotopic (exact) mass is 276 g/mol. The zero-order chi connectivity index (χ0) is 13.0. The van der Waals surface area contributed by atoms with Gasteiger partial charge in [0.25, 0.3) is 0 Å². The Morgan fingerprint density at radius 2 is 1.94 bits per heavy atom. The maximum atomic E-state index is 12.0. The Kier molecular flexibility index (Phi) is 4.45. The molecule has 0 atom stereocenters. The maximum absolute atomic E-state index is 12.0. The summed E-state index contributed by atoms with van der Waals surface area (Å²) in [6, 6.07) is 15.3. The van der Waals surface area contributed by atoms with E-state index in [9.17, 15) is 4.79 Å². The highest BCUT2D eigenvalue weighted by atomic mass is 35.5. The van der Waals surface area contributed by atoms with Crippen LogP contribution in [-0.2, 0) is 0 Å². The molecule has 0 aromatic heterocycles. The van der Waals surface area contributed by atoms with E-state index in [2.05, 4.69) is 6.07 Å². The predicted octanol–water partition coefficient (Wildman–Crippen LogP) is 4.62. The number of benzene rings is 2. The molecule has 0 bridgehead atoms. The molecule has 2 aromatic carbocycles. The van der Waals surface area contributed by atoms with Crippen molar-refractivity contribution in [2.24, 2.45) is 0 Å². The van der Waals surface area contributed by atoms with Gasteiger partial charge in [0.05, 0.1) is 10.8 Å². The van der Waals surface area contributed by atoms with Gasteiger partial charge in [-0.05, 0) is 31.2 Å². The van der Waals surface area contributed by atoms with Crippen molar-refractivity contribution in [3.05, 3.63) is 64.7 Å². The second-order valence-electron chi connectivity index (χ2n) is 4.01. The van der Waals surface area contributed by atoms with Crippen LogP contribution >= 0.6 is 23.4 Å². The molecule has 2 aromatic rings. The number of hydrogen-bond acceptors (Lipinski definition) is 2. The van der Waals surface area contributed by atoms with Crippen LogP contribution in [0.25, 0.3) is 0 Å². The minimum atomic E-state index is 0.0621. The molecular formula is C15H13ClOS. The Morgan fingerprint density at radius 1 is 1.17 bits per heavy atom. The third-order valence-electron chi connectivity index (χ3n) is 2.53. The number of carbonyl (C=O) groups excluding carboxylic acids is 1. The second-order valence-corrected chi connectivity index (χ2v) is 5.46. The molecule has 0 heterocycles. The summed E-state index contributed by atoms with van der Waals surface area (Å²) in [6.07, 6.45) is 0. The summed E-state index contributed by atoms with van der Waals surface area (Å²) >= 11 is 7.53. The Morgan fingerprint density at radius 3 is 2.67 bits per heavy atom. The smallest absolute Gasteiger partial charge is 0.174 e. The van der Waals surface area contributed by atoms with Gasteiger partial charge < -0.3 is 0 Å². The average Bonchev–Trinajstić information content (AvgIpc) is 2.37. The van der Waals surface area contributed by atoms with Gasteiger partial charge in [0, 0.05) is 10.5 Å². The number of Topliss-reactive ketones (excluding diaryl/α,β-unsaturated/α-hetero) is 1. The van der Waals surface area contributed by atoms with E-state index in [1.165, 1.54) is 17.3 Å². The molecular weight excluding hydrogens is 264 g/mol. The Labute approximate surface area is 116 Å². The van der Waals surface area contributed by atoms with Gasteiger partial charge in [0.15, 0.2) is 5.78 Å². The lowest BCUT2D eigenvalue weighted by atomic mass is 10.1. The summed E-state index contributed by atoms with van der Waals surface area (Å²) in [5.74, 6) is 0.472. The van der Waals surface area contributed by atoms with E-state index in [0.29, 0.717) is 16.3 Å². The molecule has 0 amide bonds. The van der Waals surface area contributed by atoms with Crippen LogP contribution in [0.3, 0.4) is 0 Å². The number of carbonyl (C=O) groups is 1.